The van der Waals surface area contributed by atoms with Crippen LogP contribution in [0.5, 0.6) is 0 Å². The molecule has 4 aliphatic rings. The molecule has 3 fully saturated rings. The predicted octanol–water partition coefficient (Wildman–Crippen LogP) is 2.33. The molecule has 2 aromatic rings. The van der Waals surface area contributed by atoms with Crippen LogP contribution in [-0.2, 0) is 71.4 Å². The first-order chi connectivity index (χ1) is 29.0. The van der Waals surface area contributed by atoms with E-state index in [2.05, 4.69) is 4.98 Å². The summed E-state index contributed by atoms with van der Waals surface area (Å²) >= 11 is 0. The Morgan fingerprint density at radius 2 is 1.34 bits per heavy atom. The van der Waals surface area contributed by atoms with E-state index in [1.807, 2.05) is 0 Å². The normalized spacial score (nSPS) is 36.0. The van der Waals surface area contributed by atoms with E-state index in [1.165, 1.54) is 56.6 Å². The number of nitrogens with zero attached hydrogens (tertiary/aromatic N) is 1. The van der Waals surface area contributed by atoms with Gasteiger partial charge in [0.1, 0.15) is 42.0 Å². The zero-order valence-electron chi connectivity index (χ0n) is 35.6. The molecule has 19 nitrogen and oxygen atoms in total. The van der Waals surface area contributed by atoms with Gasteiger partial charge >= 0.3 is 47.8 Å². The fraction of sp³-hybridized carbons (Fsp3) is 0.558. The first-order valence-corrected chi connectivity index (χ1v) is 19.9. The van der Waals surface area contributed by atoms with Crippen molar-refractivity contribution >= 4 is 47.8 Å². The molecular formula is C43H49NO18. The van der Waals surface area contributed by atoms with Crippen LogP contribution in [0.3, 0.4) is 0 Å². The maximum Gasteiger partial charge on any atom is 0.340 e. The molecule has 6 rings (SSSR count). The largest absolute Gasteiger partial charge is 0.465 e. The van der Waals surface area contributed by atoms with Crippen LogP contribution in [0.4, 0.5) is 0 Å². The lowest BCUT2D eigenvalue weighted by Crippen LogP contribution is -2.89. The van der Waals surface area contributed by atoms with Crippen molar-refractivity contribution in [1.29, 1.82) is 0 Å². The van der Waals surface area contributed by atoms with Gasteiger partial charge in [0.05, 0.1) is 23.0 Å². The Morgan fingerprint density at radius 1 is 0.758 bits per heavy atom. The molecule has 334 valence electrons. The van der Waals surface area contributed by atoms with Gasteiger partial charge < -0.3 is 47.7 Å². The number of aromatic nitrogens is 1. The van der Waals surface area contributed by atoms with Crippen molar-refractivity contribution in [2.45, 2.75) is 122 Å². The van der Waals surface area contributed by atoms with E-state index in [4.69, 9.17) is 42.6 Å². The Kier molecular flexibility index (Phi) is 12.3. The van der Waals surface area contributed by atoms with Crippen molar-refractivity contribution in [1.82, 2.24) is 4.98 Å². The highest BCUT2D eigenvalue weighted by atomic mass is 16.7. The van der Waals surface area contributed by atoms with E-state index < -0.39 is 138 Å². The zero-order chi connectivity index (χ0) is 45.7. The van der Waals surface area contributed by atoms with Crippen molar-refractivity contribution in [3.63, 3.8) is 0 Å². The maximum absolute atomic E-state index is 14.5. The van der Waals surface area contributed by atoms with Crippen LogP contribution in [0.25, 0.3) is 0 Å². The molecule has 1 N–H and O–H groups in total. The number of carbonyl (C=O) groups is 8. The highest BCUT2D eigenvalue weighted by molar-refractivity contribution is 5.91. The van der Waals surface area contributed by atoms with E-state index in [9.17, 15) is 43.5 Å². The Balaban J connectivity index is 1.81. The molecule has 4 bridgehead atoms. The van der Waals surface area contributed by atoms with Gasteiger partial charge in [-0.1, -0.05) is 32.0 Å². The first-order valence-electron chi connectivity index (χ1n) is 19.9. The quantitative estimate of drug-likeness (QED) is 0.295. The summed E-state index contributed by atoms with van der Waals surface area (Å²) < 4.78 is 55.4. The minimum Gasteiger partial charge on any atom is -0.465 e. The lowest BCUT2D eigenvalue weighted by molar-refractivity contribution is -0.386. The monoisotopic (exact) mass is 867 g/mol. The van der Waals surface area contributed by atoms with Gasteiger partial charge in [0.2, 0.25) is 0 Å². The highest BCUT2D eigenvalue weighted by Crippen LogP contribution is 2.70. The van der Waals surface area contributed by atoms with Crippen molar-refractivity contribution in [3.8, 4) is 0 Å². The molecule has 2 unspecified atom stereocenters. The first kappa shape index (κ1) is 45.6. The van der Waals surface area contributed by atoms with Gasteiger partial charge in [0.25, 0.3) is 0 Å². The molecule has 1 aromatic carbocycles. The predicted molar refractivity (Wildman–Crippen MR) is 205 cm³/mol. The van der Waals surface area contributed by atoms with Crippen molar-refractivity contribution in [2.24, 2.45) is 17.3 Å². The van der Waals surface area contributed by atoms with Crippen molar-refractivity contribution in [3.05, 3.63) is 65.5 Å². The van der Waals surface area contributed by atoms with E-state index in [-0.39, 0.29) is 11.1 Å². The average Bonchev–Trinajstić information content (AvgIpc) is 3.42. The molecule has 1 saturated heterocycles. The molecule has 3 heterocycles. The molecule has 1 spiro atoms. The van der Waals surface area contributed by atoms with E-state index in [1.54, 1.807) is 13.0 Å². The number of hydrogen-bond acceptors (Lipinski definition) is 19. The van der Waals surface area contributed by atoms with Crippen LogP contribution in [0, 0.1) is 17.3 Å². The number of aliphatic hydroxyl groups is 1. The van der Waals surface area contributed by atoms with Crippen LogP contribution in [0.1, 0.15) is 94.5 Å². The molecule has 0 amide bonds. The lowest BCUT2D eigenvalue weighted by Gasteiger charge is -2.67. The highest BCUT2D eigenvalue weighted by Gasteiger charge is 2.92. The standard InChI is InChI=1S/C43H49NO18/c1-20-21(2)37(50)61-34-32(57-24(5)47)36(59-26(7)49)42(19-54-22(3)45)35(58-25(6)48)31(56-23(4)46)30-33(60-38(51)27-13-11-10-12-14-27)43(42,41(34,9)53)62-40(30,8)18-55-39(52)29-17-44-16-15-28(20)29/h10-17,20-21,30-36,53H,18-19H2,1-9H3/t20?,21?,30-,31-,32+,33-,34+,35-,36+,40+,41+,42-,43+/m1/s1. The number of pyridine rings is 1. The summed E-state index contributed by atoms with van der Waals surface area (Å²) in [5.74, 6) is -11.7. The van der Waals surface area contributed by atoms with E-state index in [0.717, 1.165) is 41.5 Å². The number of ether oxygens (including phenoxy) is 9. The van der Waals surface area contributed by atoms with Gasteiger partial charge in [-0.25, -0.2) is 9.59 Å². The third-order valence-electron chi connectivity index (χ3n) is 12.5. The average molecular weight is 868 g/mol. The fourth-order valence-electron chi connectivity index (χ4n) is 9.88. The van der Waals surface area contributed by atoms with Gasteiger partial charge in [-0.2, -0.15) is 0 Å². The van der Waals surface area contributed by atoms with Gasteiger partial charge in [-0.3, -0.25) is 33.8 Å². The number of hydrogen-bond donors (Lipinski definition) is 1. The molecule has 13 atom stereocenters. The SMILES string of the molecule is CC(=O)OC[C@]12[C@H](OC(C)=O)[C@H](OC(C)=O)[C@@H]3[C@@H](OC(=O)c4ccccc4)[C@@]14O[C@@]3(C)COC(=O)c1cnccc1C(C)C(C)C(=O)O[C@@H]([C@H](OC(C)=O)[C@@H]2OC(C)=O)[C@]4(C)O. The van der Waals surface area contributed by atoms with Gasteiger partial charge in [0, 0.05) is 47.0 Å². The molecule has 62 heavy (non-hydrogen) atoms. The molecular weight excluding hydrogens is 818 g/mol. The number of rotatable bonds is 8. The number of fused-ring (bicyclic) bond motifs is 5. The molecule has 2 aliphatic heterocycles. The molecule has 2 saturated carbocycles. The zero-order valence-corrected chi connectivity index (χ0v) is 35.6. The summed E-state index contributed by atoms with van der Waals surface area (Å²) in [5, 5.41) is 13.7. The second kappa shape index (κ2) is 16.7. The Hall–Kier alpha value is -5.95. The molecule has 19 heteroatoms. The minimum atomic E-state index is -2.87. The summed E-state index contributed by atoms with van der Waals surface area (Å²) in [6.07, 6.45) is -9.55. The molecule has 2 aliphatic carbocycles. The van der Waals surface area contributed by atoms with Gasteiger partial charge in [-0.05, 0) is 43.5 Å². The number of benzene rings is 1. The number of cyclic esters (lactones) is 1. The van der Waals surface area contributed by atoms with Crippen molar-refractivity contribution in [2.75, 3.05) is 13.2 Å². The fourth-order valence-corrected chi connectivity index (χ4v) is 9.88. The topological polar surface area (TPSA) is 253 Å². The van der Waals surface area contributed by atoms with Crippen molar-refractivity contribution < 1.29 is 86.1 Å². The van der Waals surface area contributed by atoms with Crippen LogP contribution >= 0.6 is 0 Å². The number of esters is 8. The second-order valence-corrected chi connectivity index (χ2v) is 16.5. The van der Waals surface area contributed by atoms with E-state index in [0.29, 0.717) is 5.56 Å². The number of carbonyl (C=O) groups excluding carboxylic acids is 8. The smallest absolute Gasteiger partial charge is 0.340 e. The Bertz CT molecular complexity index is 2160. The second-order valence-electron chi connectivity index (χ2n) is 16.5. The van der Waals surface area contributed by atoms with E-state index >= 15 is 0 Å². The third kappa shape index (κ3) is 7.43. The maximum atomic E-state index is 14.5. The summed E-state index contributed by atoms with van der Waals surface area (Å²) in [7, 11) is 0. The Labute approximate surface area is 355 Å². The van der Waals surface area contributed by atoms with Crippen LogP contribution in [0.15, 0.2) is 48.8 Å². The third-order valence-corrected chi connectivity index (χ3v) is 12.5. The molecule has 1 aromatic heterocycles. The van der Waals surface area contributed by atoms with Gasteiger partial charge in [-0.15, -0.1) is 0 Å². The summed E-state index contributed by atoms with van der Waals surface area (Å²) in [6, 6.07) is 9.04. The summed E-state index contributed by atoms with van der Waals surface area (Å²) in [5.41, 5.74) is -10.2. The summed E-state index contributed by atoms with van der Waals surface area (Å²) in [4.78, 5) is 113. The summed E-state index contributed by atoms with van der Waals surface area (Å²) in [6.45, 7) is 8.71. The van der Waals surface area contributed by atoms with Crippen LogP contribution in [-0.4, -0.2) is 124 Å². The van der Waals surface area contributed by atoms with Crippen LogP contribution < -0.4 is 0 Å². The molecule has 0 radical (unpaired) electrons. The van der Waals surface area contributed by atoms with Gasteiger partial charge in [0.15, 0.2) is 30.0 Å². The van der Waals surface area contributed by atoms with Crippen LogP contribution in [0.2, 0.25) is 0 Å². The Morgan fingerprint density at radius 3 is 1.92 bits per heavy atom. The lowest BCUT2D eigenvalue weighted by atomic mass is 9.45. The minimum absolute atomic E-state index is 0.0290.